The Balaban J connectivity index is 2.06. The molecule has 2 heterocycles. The van der Waals surface area contributed by atoms with Crippen LogP contribution in [0.4, 0.5) is 0 Å². The second kappa shape index (κ2) is 5.91. The van der Waals surface area contributed by atoms with Crippen LogP contribution in [0, 0.1) is 6.92 Å². The van der Waals surface area contributed by atoms with Crippen LogP contribution in [-0.2, 0) is 7.05 Å². The first kappa shape index (κ1) is 16.2. The van der Waals surface area contributed by atoms with Gasteiger partial charge in [-0.3, -0.25) is 4.79 Å². The molecule has 0 saturated heterocycles. The van der Waals surface area contributed by atoms with Crippen molar-refractivity contribution in [3.8, 4) is 17.2 Å². The van der Waals surface area contributed by atoms with E-state index in [2.05, 4.69) is 5.10 Å². The van der Waals surface area contributed by atoms with Crippen LogP contribution >= 0.6 is 0 Å². The lowest BCUT2D eigenvalue weighted by atomic mass is 10.1. The number of aromatic nitrogens is 3. The van der Waals surface area contributed by atoms with Gasteiger partial charge in [0.1, 0.15) is 17.0 Å². The Kier molecular flexibility index (Phi) is 3.68. The average Bonchev–Trinajstić information content (AvgIpc) is 2.97. The van der Waals surface area contributed by atoms with E-state index < -0.39 is 0 Å². The number of aryl methyl sites for hydroxylation is 2. The third-order valence-electron chi connectivity index (χ3n) is 4.73. The maximum atomic E-state index is 13.2. The topological polar surface area (TPSA) is 58.3 Å². The zero-order chi connectivity index (χ0) is 18.4. The summed E-state index contributed by atoms with van der Waals surface area (Å²) in [6.45, 7) is 1.92. The number of nitrogens with zero attached hydrogens (tertiary/aromatic N) is 3. The van der Waals surface area contributed by atoms with Crippen molar-refractivity contribution < 1.29 is 9.47 Å². The van der Waals surface area contributed by atoms with E-state index in [0.717, 1.165) is 33.5 Å². The van der Waals surface area contributed by atoms with Crippen molar-refractivity contribution in [2.45, 2.75) is 6.92 Å². The van der Waals surface area contributed by atoms with E-state index in [1.165, 1.54) is 4.68 Å². The number of rotatable bonds is 3. The van der Waals surface area contributed by atoms with Crippen LogP contribution in [0.3, 0.4) is 0 Å². The number of ether oxygens (including phenoxy) is 2. The molecule has 0 bridgehead atoms. The Bertz CT molecular complexity index is 1190. The normalized spacial score (nSPS) is 11.2. The second-order valence-electron chi connectivity index (χ2n) is 6.17. The molecule has 4 aromatic rings. The summed E-state index contributed by atoms with van der Waals surface area (Å²) in [6, 6.07) is 13.1. The van der Waals surface area contributed by atoms with Gasteiger partial charge in [0.25, 0.3) is 5.56 Å². The fourth-order valence-corrected chi connectivity index (χ4v) is 3.41. The van der Waals surface area contributed by atoms with Crippen molar-refractivity contribution in [2.24, 2.45) is 7.05 Å². The first-order valence-corrected chi connectivity index (χ1v) is 8.25. The highest BCUT2D eigenvalue weighted by molar-refractivity contribution is 6.09. The van der Waals surface area contributed by atoms with Crippen LogP contribution in [-0.4, -0.2) is 28.6 Å². The zero-order valence-electron chi connectivity index (χ0n) is 15.1. The average molecular weight is 349 g/mol. The molecule has 0 aliphatic heterocycles. The van der Waals surface area contributed by atoms with Gasteiger partial charge in [0, 0.05) is 23.3 Å². The van der Waals surface area contributed by atoms with Crippen molar-refractivity contribution >= 4 is 21.8 Å². The summed E-state index contributed by atoms with van der Waals surface area (Å²) in [7, 11) is 5.14. The van der Waals surface area contributed by atoms with Crippen molar-refractivity contribution in [1.29, 1.82) is 0 Å². The quantitative estimate of drug-likeness (QED) is 0.570. The Labute approximate surface area is 150 Å². The van der Waals surface area contributed by atoms with E-state index >= 15 is 0 Å². The molecule has 26 heavy (non-hydrogen) atoms. The Morgan fingerprint density at radius 3 is 2.27 bits per heavy atom. The molecule has 2 aromatic heterocycles. The molecule has 0 saturated carbocycles. The van der Waals surface area contributed by atoms with Crippen molar-refractivity contribution in [3.05, 3.63) is 58.5 Å². The predicted molar refractivity (Wildman–Crippen MR) is 102 cm³/mol. The molecule has 0 fully saturated rings. The van der Waals surface area contributed by atoms with Crippen molar-refractivity contribution in [3.63, 3.8) is 0 Å². The molecule has 0 aliphatic rings. The van der Waals surface area contributed by atoms with Gasteiger partial charge < -0.3 is 14.0 Å². The molecule has 132 valence electrons. The maximum absolute atomic E-state index is 13.2. The standard InChI is InChI=1S/C20H19N3O3/c1-12-18-16-11-15(26-4)9-10-17(16)22(2)19(18)20(24)23(21-12)13-5-7-14(25-3)8-6-13/h5-11H,1-4H3. The highest BCUT2D eigenvalue weighted by Crippen LogP contribution is 2.31. The van der Waals surface area contributed by atoms with Crippen LogP contribution in [0.15, 0.2) is 47.3 Å². The molecule has 6 heteroatoms. The Morgan fingerprint density at radius 2 is 1.62 bits per heavy atom. The molecule has 0 N–H and O–H groups in total. The molecule has 0 radical (unpaired) electrons. The lowest BCUT2D eigenvalue weighted by Gasteiger charge is -2.08. The fraction of sp³-hybridized carbons (Fsp3) is 0.200. The summed E-state index contributed by atoms with van der Waals surface area (Å²) in [5.41, 5.74) is 2.91. The number of methoxy groups -OCH3 is 2. The molecular formula is C20H19N3O3. The Morgan fingerprint density at radius 1 is 0.962 bits per heavy atom. The lowest BCUT2D eigenvalue weighted by molar-refractivity contribution is 0.414. The molecule has 0 aliphatic carbocycles. The number of benzene rings is 2. The van der Waals surface area contributed by atoms with Gasteiger partial charge in [-0.2, -0.15) is 9.78 Å². The van der Waals surface area contributed by atoms with Gasteiger partial charge in [0.05, 0.1) is 25.6 Å². The highest BCUT2D eigenvalue weighted by atomic mass is 16.5. The first-order valence-electron chi connectivity index (χ1n) is 8.25. The molecule has 0 unspecified atom stereocenters. The molecule has 0 atom stereocenters. The molecule has 4 rings (SSSR count). The van der Waals surface area contributed by atoms with Gasteiger partial charge in [-0.15, -0.1) is 0 Å². The van der Waals surface area contributed by atoms with E-state index in [0.29, 0.717) is 11.2 Å². The third kappa shape index (κ3) is 2.26. The summed E-state index contributed by atoms with van der Waals surface area (Å²) in [5.74, 6) is 1.49. The Hall–Kier alpha value is -3.28. The zero-order valence-corrected chi connectivity index (χ0v) is 15.1. The van der Waals surface area contributed by atoms with Crippen molar-refractivity contribution in [1.82, 2.24) is 14.3 Å². The molecule has 0 spiro atoms. The predicted octanol–water partition coefficient (Wildman–Crippen LogP) is 3.20. The summed E-state index contributed by atoms with van der Waals surface area (Å²) >= 11 is 0. The SMILES string of the molecule is COc1ccc(-n2nc(C)c3c4cc(OC)ccc4n(C)c3c2=O)cc1. The summed E-state index contributed by atoms with van der Waals surface area (Å²) < 4.78 is 13.9. The largest absolute Gasteiger partial charge is 0.497 e. The summed E-state index contributed by atoms with van der Waals surface area (Å²) in [5, 5.41) is 6.38. The number of fused-ring (bicyclic) bond motifs is 3. The fourth-order valence-electron chi connectivity index (χ4n) is 3.41. The van der Waals surface area contributed by atoms with E-state index in [1.54, 1.807) is 14.2 Å². The minimum absolute atomic E-state index is 0.159. The van der Waals surface area contributed by atoms with Crippen LogP contribution < -0.4 is 15.0 Å². The minimum Gasteiger partial charge on any atom is -0.497 e. The first-order chi connectivity index (χ1) is 12.5. The second-order valence-corrected chi connectivity index (χ2v) is 6.17. The monoisotopic (exact) mass is 349 g/mol. The lowest BCUT2D eigenvalue weighted by Crippen LogP contribution is -2.23. The van der Waals surface area contributed by atoms with E-state index in [1.807, 2.05) is 61.0 Å². The number of hydrogen-bond donors (Lipinski definition) is 0. The molecule has 0 amide bonds. The van der Waals surface area contributed by atoms with E-state index in [4.69, 9.17) is 9.47 Å². The van der Waals surface area contributed by atoms with Crippen LogP contribution in [0.2, 0.25) is 0 Å². The molecule has 6 nitrogen and oxygen atoms in total. The van der Waals surface area contributed by atoms with Gasteiger partial charge in [-0.1, -0.05) is 0 Å². The van der Waals surface area contributed by atoms with Gasteiger partial charge in [0.2, 0.25) is 0 Å². The summed E-state index contributed by atoms with van der Waals surface area (Å²) in [6.07, 6.45) is 0. The van der Waals surface area contributed by atoms with Crippen molar-refractivity contribution in [2.75, 3.05) is 14.2 Å². The van der Waals surface area contributed by atoms with Gasteiger partial charge in [-0.25, -0.2) is 0 Å². The van der Waals surface area contributed by atoms with Crippen LogP contribution in [0.1, 0.15) is 5.69 Å². The smallest absolute Gasteiger partial charge is 0.296 e. The molecular weight excluding hydrogens is 330 g/mol. The minimum atomic E-state index is -0.159. The number of hydrogen-bond acceptors (Lipinski definition) is 4. The van der Waals surface area contributed by atoms with E-state index in [-0.39, 0.29) is 5.56 Å². The highest BCUT2D eigenvalue weighted by Gasteiger charge is 2.18. The maximum Gasteiger partial charge on any atom is 0.296 e. The van der Waals surface area contributed by atoms with Crippen LogP contribution in [0.25, 0.3) is 27.5 Å². The third-order valence-corrected chi connectivity index (χ3v) is 4.73. The van der Waals surface area contributed by atoms with Gasteiger partial charge in [-0.05, 0) is 49.4 Å². The van der Waals surface area contributed by atoms with Gasteiger partial charge in [0.15, 0.2) is 0 Å². The molecule has 2 aromatic carbocycles. The van der Waals surface area contributed by atoms with Gasteiger partial charge >= 0.3 is 0 Å². The van der Waals surface area contributed by atoms with E-state index in [9.17, 15) is 4.79 Å². The van der Waals surface area contributed by atoms with Crippen LogP contribution in [0.5, 0.6) is 11.5 Å². The summed E-state index contributed by atoms with van der Waals surface area (Å²) in [4.78, 5) is 13.2.